The summed E-state index contributed by atoms with van der Waals surface area (Å²) in [7, 11) is 0. The van der Waals surface area contributed by atoms with Crippen LogP contribution < -0.4 is 5.56 Å². The lowest BCUT2D eigenvalue weighted by molar-refractivity contribution is 0.772. The van der Waals surface area contributed by atoms with E-state index in [4.69, 9.17) is 0 Å². The Hall–Kier alpha value is -3.14. The largest absolute Gasteiger partial charge is 0.361 e. The number of aryl methyl sites for hydroxylation is 1. The van der Waals surface area contributed by atoms with Crippen LogP contribution in [-0.2, 0) is 6.54 Å². The summed E-state index contributed by atoms with van der Waals surface area (Å²) in [6, 6.07) is 15.9. The fraction of sp³-hybridized carbons (Fsp3) is 0.100. The van der Waals surface area contributed by atoms with Gasteiger partial charge in [0.25, 0.3) is 5.56 Å². The van der Waals surface area contributed by atoms with Crippen molar-refractivity contribution in [3.63, 3.8) is 0 Å². The Balaban J connectivity index is 1.73. The molecule has 0 atom stereocenters. The van der Waals surface area contributed by atoms with Crippen LogP contribution in [0.4, 0.5) is 0 Å². The summed E-state index contributed by atoms with van der Waals surface area (Å²) in [4.78, 5) is 20.0. The fourth-order valence-corrected chi connectivity index (χ4v) is 3.57. The molecule has 0 bridgehead atoms. The molecule has 5 rings (SSSR count). The number of allylic oxidation sites excluding steroid dienone is 1. The number of nitrogens with one attached hydrogen (secondary N) is 1. The van der Waals surface area contributed by atoms with E-state index in [-0.39, 0.29) is 5.56 Å². The number of para-hydroxylation sites is 2. The van der Waals surface area contributed by atoms with Crippen LogP contribution in [0.25, 0.3) is 33.5 Å². The van der Waals surface area contributed by atoms with Crippen LogP contribution in [0.1, 0.15) is 17.8 Å². The second-order valence-electron chi connectivity index (χ2n) is 6.12. The SMILES string of the molecule is O=c1nc2n(c3ccccc13)CC/C2=C\c1c[nH]c2ccccc12. The predicted molar refractivity (Wildman–Crippen MR) is 96.8 cm³/mol. The smallest absolute Gasteiger partial charge is 0.281 e. The zero-order valence-corrected chi connectivity index (χ0v) is 13.0. The molecule has 4 aromatic rings. The lowest BCUT2D eigenvalue weighted by Crippen LogP contribution is -2.14. The van der Waals surface area contributed by atoms with Crippen LogP contribution >= 0.6 is 0 Å². The standard InChI is InChI=1S/C20H15N3O/c24-20-16-6-2-4-8-18(16)23-10-9-13(19(23)22-20)11-14-12-21-17-7-3-1-5-15(14)17/h1-8,11-12,21H,9-10H2/b13-11+. The van der Waals surface area contributed by atoms with E-state index in [1.807, 2.05) is 42.6 Å². The van der Waals surface area contributed by atoms with Gasteiger partial charge < -0.3 is 9.55 Å². The van der Waals surface area contributed by atoms with Crippen LogP contribution in [0.15, 0.2) is 59.5 Å². The first kappa shape index (κ1) is 13.3. The van der Waals surface area contributed by atoms with E-state index >= 15 is 0 Å². The monoisotopic (exact) mass is 313 g/mol. The van der Waals surface area contributed by atoms with Crippen molar-refractivity contribution in [1.82, 2.24) is 14.5 Å². The second kappa shape index (κ2) is 4.93. The third kappa shape index (κ3) is 1.86. The van der Waals surface area contributed by atoms with Gasteiger partial charge in [0.15, 0.2) is 0 Å². The summed E-state index contributed by atoms with van der Waals surface area (Å²) in [5.74, 6) is 0.795. The number of rotatable bonds is 1. The topological polar surface area (TPSA) is 50.7 Å². The molecule has 0 saturated carbocycles. The van der Waals surface area contributed by atoms with E-state index in [1.165, 1.54) is 5.39 Å². The fourth-order valence-electron chi connectivity index (χ4n) is 3.57. The Morgan fingerprint density at radius 2 is 1.83 bits per heavy atom. The van der Waals surface area contributed by atoms with Crippen LogP contribution in [-0.4, -0.2) is 14.5 Å². The Bertz CT molecular complexity index is 1180. The summed E-state index contributed by atoms with van der Waals surface area (Å²) in [6.07, 6.45) is 5.05. The molecular weight excluding hydrogens is 298 g/mol. The molecule has 1 aliphatic rings. The lowest BCUT2D eigenvalue weighted by atomic mass is 10.1. The van der Waals surface area contributed by atoms with Gasteiger partial charge in [0.1, 0.15) is 5.82 Å². The molecule has 0 amide bonds. The molecule has 24 heavy (non-hydrogen) atoms. The number of H-pyrrole nitrogens is 1. The van der Waals surface area contributed by atoms with Crippen LogP contribution in [0.5, 0.6) is 0 Å². The molecular formula is C20H15N3O. The van der Waals surface area contributed by atoms with Gasteiger partial charge in [-0.15, -0.1) is 0 Å². The van der Waals surface area contributed by atoms with Gasteiger partial charge in [0.05, 0.1) is 10.9 Å². The van der Waals surface area contributed by atoms with Crippen molar-refractivity contribution in [3.05, 3.63) is 76.5 Å². The van der Waals surface area contributed by atoms with Crippen molar-refractivity contribution in [3.8, 4) is 0 Å². The Kier molecular flexibility index (Phi) is 2.73. The quantitative estimate of drug-likeness (QED) is 0.581. The third-order valence-corrected chi connectivity index (χ3v) is 4.73. The molecule has 0 unspecified atom stereocenters. The van der Waals surface area contributed by atoms with Gasteiger partial charge in [-0.2, -0.15) is 4.98 Å². The Morgan fingerprint density at radius 3 is 2.75 bits per heavy atom. The van der Waals surface area contributed by atoms with E-state index in [1.54, 1.807) is 0 Å². The number of aromatic amines is 1. The Morgan fingerprint density at radius 1 is 1.04 bits per heavy atom. The van der Waals surface area contributed by atoms with Crippen molar-refractivity contribution < 1.29 is 0 Å². The van der Waals surface area contributed by atoms with Crippen molar-refractivity contribution >= 4 is 33.5 Å². The number of hydrogen-bond donors (Lipinski definition) is 1. The number of nitrogens with zero attached hydrogens (tertiary/aromatic N) is 2. The molecule has 0 spiro atoms. The molecule has 4 heteroatoms. The molecule has 2 aromatic heterocycles. The predicted octanol–water partition coefficient (Wildman–Crippen LogP) is 3.82. The molecule has 0 aliphatic carbocycles. The summed E-state index contributed by atoms with van der Waals surface area (Å²) in [5, 5.41) is 1.88. The van der Waals surface area contributed by atoms with Gasteiger partial charge >= 0.3 is 0 Å². The van der Waals surface area contributed by atoms with Crippen molar-refractivity contribution in [2.24, 2.45) is 0 Å². The van der Waals surface area contributed by atoms with Crippen LogP contribution in [0.3, 0.4) is 0 Å². The minimum Gasteiger partial charge on any atom is -0.361 e. The van der Waals surface area contributed by atoms with E-state index in [9.17, 15) is 4.79 Å². The summed E-state index contributed by atoms with van der Waals surface area (Å²) < 4.78 is 2.15. The maximum atomic E-state index is 12.3. The van der Waals surface area contributed by atoms with Crippen LogP contribution in [0, 0.1) is 0 Å². The highest BCUT2D eigenvalue weighted by Crippen LogP contribution is 2.31. The number of benzene rings is 2. The van der Waals surface area contributed by atoms with Gasteiger partial charge in [0, 0.05) is 29.2 Å². The summed E-state index contributed by atoms with van der Waals surface area (Å²) in [6.45, 7) is 0.858. The number of fused-ring (bicyclic) bond motifs is 4. The average Bonchev–Trinajstić information content (AvgIpc) is 3.21. The van der Waals surface area contributed by atoms with E-state index < -0.39 is 0 Å². The molecule has 116 valence electrons. The molecule has 0 saturated heterocycles. The number of aromatic nitrogens is 3. The average molecular weight is 313 g/mol. The highest BCUT2D eigenvalue weighted by atomic mass is 16.1. The molecule has 4 nitrogen and oxygen atoms in total. The lowest BCUT2D eigenvalue weighted by Gasteiger charge is -2.07. The zero-order valence-electron chi connectivity index (χ0n) is 13.0. The molecule has 1 N–H and O–H groups in total. The minimum absolute atomic E-state index is 0.149. The number of hydrogen-bond acceptors (Lipinski definition) is 2. The van der Waals surface area contributed by atoms with Crippen molar-refractivity contribution in [1.29, 1.82) is 0 Å². The van der Waals surface area contributed by atoms with Crippen molar-refractivity contribution in [2.75, 3.05) is 0 Å². The first-order valence-corrected chi connectivity index (χ1v) is 8.08. The minimum atomic E-state index is -0.149. The molecule has 0 radical (unpaired) electrons. The van der Waals surface area contributed by atoms with Gasteiger partial charge in [-0.3, -0.25) is 4.79 Å². The van der Waals surface area contributed by atoms with Gasteiger partial charge in [-0.1, -0.05) is 30.3 Å². The normalized spacial score (nSPS) is 15.4. The molecule has 0 fully saturated rings. The van der Waals surface area contributed by atoms with Gasteiger partial charge in [-0.25, -0.2) is 0 Å². The molecule has 1 aliphatic heterocycles. The third-order valence-electron chi connectivity index (χ3n) is 4.73. The van der Waals surface area contributed by atoms with Crippen LogP contribution in [0.2, 0.25) is 0 Å². The van der Waals surface area contributed by atoms with Gasteiger partial charge in [-0.05, 0) is 36.3 Å². The molecule has 2 aromatic carbocycles. The highest BCUT2D eigenvalue weighted by molar-refractivity contribution is 5.94. The maximum absolute atomic E-state index is 12.3. The highest BCUT2D eigenvalue weighted by Gasteiger charge is 2.20. The Labute approximate surface area is 138 Å². The zero-order chi connectivity index (χ0) is 16.1. The first-order valence-electron chi connectivity index (χ1n) is 8.08. The molecule has 3 heterocycles. The van der Waals surface area contributed by atoms with Gasteiger partial charge in [0.2, 0.25) is 0 Å². The maximum Gasteiger partial charge on any atom is 0.281 e. The first-order chi connectivity index (χ1) is 11.8. The summed E-state index contributed by atoms with van der Waals surface area (Å²) >= 11 is 0. The second-order valence-corrected chi connectivity index (χ2v) is 6.12. The van der Waals surface area contributed by atoms with E-state index in [2.05, 4.69) is 32.7 Å². The van der Waals surface area contributed by atoms with E-state index in [0.717, 1.165) is 41.0 Å². The van der Waals surface area contributed by atoms with E-state index in [0.29, 0.717) is 5.39 Å². The van der Waals surface area contributed by atoms with Crippen molar-refractivity contribution in [2.45, 2.75) is 13.0 Å². The summed E-state index contributed by atoms with van der Waals surface area (Å²) in [5.41, 5.74) is 4.18.